The maximum atomic E-state index is 11.9. The lowest BCUT2D eigenvalue weighted by Crippen LogP contribution is -2.51. The van der Waals surface area contributed by atoms with Crippen molar-refractivity contribution in [3.63, 3.8) is 0 Å². The summed E-state index contributed by atoms with van der Waals surface area (Å²) in [7, 11) is 0. The maximum Gasteiger partial charge on any atom is 0.223 e. The Morgan fingerprint density at radius 1 is 1.47 bits per heavy atom. The standard InChI is InChI=1S/C12H22ClNO/c1-4-12(5-2,8-13)14-11(15)9(3)10-6-7-10/h9-10H,4-8H2,1-3H3,(H,14,15). The number of carbonyl (C=O) groups excluding carboxylic acids is 1. The number of halogens is 1. The summed E-state index contributed by atoms with van der Waals surface area (Å²) in [5, 5.41) is 3.13. The molecular formula is C12H22ClNO. The minimum absolute atomic E-state index is 0.158. The molecule has 0 aromatic carbocycles. The molecule has 1 aliphatic carbocycles. The summed E-state index contributed by atoms with van der Waals surface area (Å²) in [5.74, 6) is 1.46. The normalized spacial score (nSPS) is 18.7. The van der Waals surface area contributed by atoms with Gasteiger partial charge in [0.25, 0.3) is 0 Å². The lowest BCUT2D eigenvalue weighted by molar-refractivity contribution is -0.127. The van der Waals surface area contributed by atoms with Crippen molar-refractivity contribution in [2.24, 2.45) is 11.8 Å². The van der Waals surface area contributed by atoms with Crippen LogP contribution in [-0.2, 0) is 4.79 Å². The van der Waals surface area contributed by atoms with Crippen LogP contribution in [-0.4, -0.2) is 17.3 Å². The topological polar surface area (TPSA) is 29.1 Å². The minimum Gasteiger partial charge on any atom is -0.349 e. The molecule has 0 saturated heterocycles. The summed E-state index contributed by atoms with van der Waals surface area (Å²) < 4.78 is 0. The van der Waals surface area contributed by atoms with Crippen molar-refractivity contribution in [2.45, 2.75) is 52.0 Å². The highest BCUT2D eigenvalue weighted by atomic mass is 35.5. The van der Waals surface area contributed by atoms with Crippen LogP contribution in [0.15, 0.2) is 0 Å². The monoisotopic (exact) mass is 231 g/mol. The van der Waals surface area contributed by atoms with Crippen LogP contribution in [0.4, 0.5) is 0 Å². The number of nitrogens with one attached hydrogen (secondary N) is 1. The van der Waals surface area contributed by atoms with Crippen LogP contribution >= 0.6 is 11.6 Å². The molecule has 15 heavy (non-hydrogen) atoms. The first kappa shape index (κ1) is 12.8. The molecule has 1 fully saturated rings. The highest BCUT2D eigenvalue weighted by Crippen LogP contribution is 2.37. The zero-order valence-corrected chi connectivity index (χ0v) is 10.7. The molecule has 1 saturated carbocycles. The molecule has 1 N–H and O–H groups in total. The largest absolute Gasteiger partial charge is 0.349 e. The smallest absolute Gasteiger partial charge is 0.223 e. The third-order valence-electron chi connectivity index (χ3n) is 3.74. The average Bonchev–Trinajstić information content (AvgIpc) is 3.08. The van der Waals surface area contributed by atoms with Crippen LogP contribution in [0.25, 0.3) is 0 Å². The van der Waals surface area contributed by atoms with Gasteiger partial charge in [0.15, 0.2) is 0 Å². The van der Waals surface area contributed by atoms with Crippen molar-refractivity contribution < 1.29 is 4.79 Å². The first-order valence-corrected chi connectivity index (χ1v) is 6.50. The lowest BCUT2D eigenvalue weighted by atomic mass is 9.93. The van der Waals surface area contributed by atoms with Gasteiger partial charge in [0.2, 0.25) is 5.91 Å². The van der Waals surface area contributed by atoms with Crippen LogP contribution in [0.5, 0.6) is 0 Å². The quantitative estimate of drug-likeness (QED) is 0.700. The first-order chi connectivity index (χ1) is 7.08. The second-order valence-electron chi connectivity index (χ2n) is 4.74. The fourth-order valence-electron chi connectivity index (χ4n) is 1.83. The van der Waals surface area contributed by atoms with E-state index in [9.17, 15) is 4.79 Å². The van der Waals surface area contributed by atoms with Gasteiger partial charge in [-0.05, 0) is 31.6 Å². The highest BCUT2D eigenvalue weighted by Gasteiger charge is 2.36. The SMILES string of the molecule is CCC(CC)(CCl)NC(=O)C(C)C1CC1. The molecule has 1 rings (SSSR count). The summed E-state index contributed by atoms with van der Waals surface area (Å²) in [5.41, 5.74) is -0.193. The number of alkyl halides is 1. The highest BCUT2D eigenvalue weighted by molar-refractivity contribution is 6.18. The van der Waals surface area contributed by atoms with Crippen LogP contribution in [0.3, 0.4) is 0 Å². The molecule has 1 unspecified atom stereocenters. The zero-order chi connectivity index (χ0) is 11.5. The number of carbonyl (C=O) groups is 1. The van der Waals surface area contributed by atoms with E-state index >= 15 is 0 Å². The van der Waals surface area contributed by atoms with Crippen LogP contribution < -0.4 is 5.32 Å². The van der Waals surface area contributed by atoms with E-state index in [0.717, 1.165) is 12.8 Å². The number of rotatable bonds is 6. The molecule has 1 amide bonds. The van der Waals surface area contributed by atoms with Gasteiger partial charge in [-0.3, -0.25) is 4.79 Å². The van der Waals surface area contributed by atoms with Crippen molar-refractivity contribution in [1.29, 1.82) is 0 Å². The number of hydrogen-bond donors (Lipinski definition) is 1. The molecule has 3 heteroatoms. The van der Waals surface area contributed by atoms with Crippen LogP contribution in [0.1, 0.15) is 46.5 Å². The van der Waals surface area contributed by atoms with Gasteiger partial charge in [-0.1, -0.05) is 20.8 Å². The molecule has 0 radical (unpaired) electrons. The Bertz CT molecular complexity index is 213. The van der Waals surface area contributed by atoms with Gasteiger partial charge in [-0.15, -0.1) is 11.6 Å². The molecule has 1 atom stereocenters. The second-order valence-corrected chi connectivity index (χ2v) is 5.00. The fraction of sp³-hybridized carbons (Fsp3) is 0.917. The molecule has 0 heterocycles. The van der Waals surface area contributed by atoms with E-state index < -0.39 is 0 Å². The predicted octanol–water partition coefficient (Wildman–Crippen LogP) is 2.95. The van der Waals surface area contributed by atoms with E-state index in [1.165, 1.54) is 12.8 Å². The van der Waals surface area contributed by atoms with Gasteiger partial charge in [-0.25, -0.2) is 0 Å². The lowest BCUT2D eigenvalue weighted by Gasteiger charge is -2.32. The van der Waals surface area contributed by atoms with Crippen LogP contribution in [0, 0.1) is 11.8 Å². The minimum atomic E-state index is -0.193. The summed E-state index contributed by atoms with van der Waals surface area (Å²) >= 11 is 5.95. The molecule has 0 spiro atoms. The molecule has 0 aromatic heterocycles. The Hall–Kier alpha value is -0.240. The van der Waals surface area contributed by atoms with Crippen molar-refractivity contribution in [3.8, 4) is 0 Å². The Morgan fingerprint density at radius 3 is 2.33 bits per heavy atom. The average molecular weight is 232 g/mol. The van der Waals surface area contributed by atoms with Crippen molar-refractivity contribution in [1.82, 2.24) is 5.32 Å². The molecule has 2 nitrogen and oxygen atoms in total. The number of hydrogen-bond acceptors (Lipinski definition) is 1. The molecule has 0 aliphatic heterocycles. The van der Waals surface area contributed by atoms with E-state index in [2.05, 4.69) is 19.2 Å². The predicted molar refractivity (Wildman–Crippen MR) is 64.1 cm³/mol. The summed E-state index contributed by atoms with van der Waals surface area (Å²) in [6.07, 6.45) is 4.22. The zero-order valence-electron chi connectivity index (χ0n) is 9.98. The fourth-order valence-corrected chi connectivity index (χ4v) is 2.28. The molecule has 88 valence electrons. The Balaban J connectivity index is 2.52. The summed E-state index contributed by atoms with van der Waals surface area (Å²) in [6, 6.07) is 0. The maximum absolute atomic E-state index is 11.9. The van der Waals surface area contributed by atoms with Crippen molar-refractivity contribution >= 4 is 17.5 Å². The Labute approximate surface area is 97.8 Å². The van der Waals surface area contributed by atoms with Gasteiger partial charge in [0.1, 0.15) is 0 Å². The van der Waals surface area contributed by atoms with Gasteiger partial charge in [0.05, 0.1) is 5.54 Å². The third-order valence-corrected chi connectivity index (χ3v) is 4.25. The van der Waals surface area contributed by atoms with Gasteiger partial charge in [0, 0.05) is 11.8 Å². The van der Waals surface area contributed by atoms with Gasteiger partial charge in [-0.2, -0.15) is 0 Å². The van der Waals surface area contributed by atoms with Crippen molar-refractivity contribution in [3.05, 3.63) is 0 Å². The number of amides is 1. The van der Waals surface area contributed by atoms with E-state index in [0.29, 0.717) is 11.8 Å². The third kappa shape index (κ3) is 3.10. The molecule has 0 bridgehead atoms. The molecular weight excluding hydrogens is 210 g/mol. The summed E-state index contributed by atoms with van der Waals surface area (Å²) in [6.45, 7) is 6.18. The van der Waals surface area contributed by atoms with Gasteiger partial charge >= 0.3 is 0 Å². The van der Waals surface area contributed by atoms with Crippen LogP contribution in [0.2, 0.25) is 0 Å². The Kier molecular flexibility index (Phi) is 4.45. The van der Waals surface area contributed by atoms with Gasteiger partial charge < -0.3 is 5.32 Å². The van der Waals surface area contributed by atoms with E-state index in [4.69, 9.17) is 11.6 Å². The van der Waals surface area contributed by atoms with Crippen molar-refractivity contribution in [2.75, 3.05) is 5.88 Å². The molecule has 0 aromatic rings. The summed E-state index contributed by atoms with van der Waals surface area (Å²) in [4.78, 5) is 11.9. The Morgan fingerprint density at radius 2 is 2.00 bits per heavy atom. The molecule has 1 aliphatic rings. The first-order valence-electron chi connectivity index (χ1n) is 5.96. The van der Waals surface area contributed by atoms with E-state index in [1.807, 2.05) is 6.92 Å². The second kappa shape index (κ2) is 5.20. The van der Waals surface area contributed by atoms with E-state index in [1.54, 1.807) is 0 Å². The van der Waals surface area contributed by atoms with E-state index in [-0.39, 0.29) is 17.4 Å².